The maximum Gasteiger partial charge on any atom is 0.291 e. The zero-order chi connectivity index (χ0) is 20.2. The van der Waals surface area contributed by atoms with E-state index in [1.165, 1.54) is 5.01 Å². The fourth-order valence-electron chi connectivity index (χ4n) is 3.92. The first-order valence-electron chi connectivity index (χ1n) is 10.1. The van der Waals surface area contributed by atoms with Gasteiger partial charge in [-0.15, -0.1) is 0 Å². The molecule has 1 aromatic carbocycles. The molecule has 7 heteroatoms. The van der Waals surface area contributed by atoms with E-state index in [4.69, 9.17) is 0 Å². The Kier molecular flexibility index (Phi) is 5.55. The van der Waals surface area contributed by atoms with E-state index in [0.717, 1.165) is 31.2 Å². The number of anilines is 1. The van der Waals surface area contributed by atoms with Gasteiger partial charge in [0.15, 0.2) is 0 Å². The normalized spacial score (nSPS) is 22.5. The quantitative estimate of drug-likeness (QED) is 0.873. The van der Waals surface area contributed by atoms with Gasteiger partial charge in [-0.05, 0) is 49.6 Å². The number of hydrogen-bond donors (Lipinski definition) is 1. The average Bonchev–Trinajstić information content (AvgIpc) is 3.02. The maximum atomic E-state index is 13.5. The molecule has 2 unspecified atom stereocenters. The maximum absolute atomic E-state index is 13.5. The van der Waals surface area contributed by atoms with Gasteiger partial charge in [-0.2, -0.15) is 0 Å². The van der Waals surface area contributed by atoms with Crippen molar-refractivity contribution in [3.8, 4) is 0 Å². The highest BCUT2D eigenvalue weighted by Crippen LogP contribution is 2.30. The molecular formula is C22H25N5O2. The van der Waals surface area contributed by atoms with Crippen molar-refractivity contribution in [1.29, 1.82) is 0 Å². The van der Waals surface area contributed by atoms with Crippen molar-refractivity contribution in [3.05, 3.63) is 60.4 Å². The summed E-state index contributed by atoms with van der Waals surface area (Å²) in [5, 5.41) is 1.42. The highest BCUT2D eigenvalue weighted by atomic mass is 16.2. The third-order valence-corrected chi connectivity index (χ3v) is 5.44. The first-order valence-corrected chi connectivity index (χ1v) is 10.1. The van der Waals surface area contributed by atoms with Crippen molar-refractivity contribution >= 4 is 23.3 Å². The number of amides is 2. The predicted octanol–water partition coefficient (Wildman–Crippen LogP) is 2.86. The van der Waals surface area contributed by atoms with Crippen LogP contribution >= 0.6 is 0 Å². The van der Waals surface area contributed by atoms with E-state index in [1.807, 2.05) is 47.4 Å². The topological polar surface area (TPSA) is 77.9 Å². The lowest BCUT2D eigenvalue weighted by molar-refractivity contribution is -0.127. The molecule has 2 amide bonds. The van der Waals surface area contributed by atoms with Crippen molar-refractivity contribution < 1.29 is 9.59 Å². The third-order valence-electron chi connectivity index (χ3n) is 5.44. The number of aliphatic imine (C=N–C) groups is 1. The van der Waals surface area contributed by atoms with Crippen molar-refractivity contribution in [2.24, 2.45) is 4.99 Å². The smallest absolute Gasteiger partial charge is 0.291 e. The summed E-state index contributed by atoms with van der Waals surface area (Å²) in [6.07, 6.45) is 7.55. The van der Waals surface area contributed by atoms with E-state index in [-0.39, 0.29) is 23.7 Å². The Morgan fingerprint density at radius 1 is 1.07 bits per heavy atom. The van der Waals surface area contributed by atoms with Gasteiger partial charge in [0.1, 0.15) is 6.04 Å². The zero-order valence-electron chi connectivity index (χ0n) is 16.5. The second-order valence-electron chi connectivity index (χ2n) is 7.42. The van der Waals surface area contributed by atoms with Crippen LogP contribution < -0.4 is 10.4 Å². The third kappa shape index (κ3) is 3.99. The lowest BCUT2D eigenvalue weighted by atomic mass is 10.0. The van der Waals surface area contributed by atoms with Crippen LogP contribution in [-0.4, -0.2) is 40.1 Å². The molecule has 1 saturated heterocycles. The summed E-state index contributed by atoms with van der Waals surface area (Å²) in [6, 6.07) is 12.6. The Morgan fingerprint density at radius 3 is 2.59 bits per heavy atom. The second kappa shape index (κ2) is 8.43. The number of carbonyl (C=O) groups is 2. The number of aromatic nitrogens is 1. The molecule has 2 aliphatic heterocycles. The summed E-state index contributed by atoms with van der Waals surface area (Å²) in [6.45, 7) is 2.38. The van der Waals surface area contributed by atoms with Crippen LogP contribution in [0.1, 0.15) is 44.2 Å². The fraction of sp³-hybridized carbons (Fsp3) is 0.364. The lowest BCUT2D eigenvalue weighted by Gasteiger charge is -2.35. The zero-order valence-corrected chi connectivity index (χ0v) is 16.5. The minimum Gasteiger partial charge on any atom is -0.329 e. The van der Waals surface area contributed by atoms with Crippen LogP contribution in [0.4, 0.5) is 5.69 Å². The first kappa shape index (κ1) is 19.1. The molecule has 7 nitrogen and oxygen atoms in total. The van der Waals surface area contributed by atoms with Gasteiger partial charge in [-0.3, -0.25) is 20.0 Å². The van der Waals surface area contributed by atoms with Crippen molar-refractivity contribution in [3.63, 3.8) is 0 Å². The molecule has 0 spiro atoms. The number of nitrogens with zero attached hydrogens (tertiary/aromatic N) is 4. The van der Waals surface area contributed by atoms with Gasteiger partial charge in [0.05, 0.1) is 11.7 Å². The van der Waals surface area contributed by atoms with Gasteiger partial charge in [0, 0.05) is 18.9 Å². The number of hydrazine groups is 1. The molecule has 4 rings (SSSR count). The number of carbonyl (C=O) groups excluding carboxylic acids is 2. The van der Waals surface area contributed by atoms with Gasteiger partial charge in [0.2, 0.25) is 5.84 Å². The van der Waals surface area contributed by atoms with E-state index >= 15 is 0 Å². The summed E-state index contributed by atoms with van der Waals surface area (Å²) >= 11 is 0. The summed E-state index contributed by atoms with van der Waals surface area (Å²) in [7, 11) is 0. The van der Waals surface area contributed by atoms with Crippen LogP contribution in [0.15, 0.2) is 59.9 Å². The molecule has 1 N–H and O–H groups in total. The van der Waals surface area contributed by atoms with Crippen LogP contribution in [0, 0.1) is 0 Å². The molecule has 150 valence electrons. The molecule has 2 aromatic rings. The van der Waals surface area contributed by atoms with E-state index < -0.39 is 6.04 Å². The van der Waals surface area contributed by atoms with Gasteiger partial charge in [-0.25, -0.2) is 10.0 Å². The van der Waals surface area contributed by atoms with Crippen molar-refractivity contribution in [2.75, 3.05) is 11.6 Å². The highest BCUT2D eigenvalue weighted by molar-refractivity contribution is 6.39. The lowest BCUT2D eigenvalue weighted by Crippen LogP contribution is -2.58. The Balaban J connectivity index is 1.63. The number of para-hydroxylation sites is 1. The average molecular weight is 391 g/mol. The van der Waals surface area contributed by atoms with E-state index in [9.17, 15) is 9.59 Å². The number of amidine groups is 1. The number of pyridine rings is 1. The van der Waals surface area contributed by atoms with Crippen LogP contribution in [0.3, 0.4) is 0 Å². The molecular weight excluding hydrogens is 366 g/mol. The monoisotopic (exact) mass is 391 g/mol. The molecule has 2 atom stereocenters. The van der Waals surface area contributed by atoms with E-state index in [2.05, 4.69) is 15.4 Å². The molecule has 0 aliphatic carbocycles. The molecule has 1 aromatic heterocycles. The molecule has 0 bridgehead atoms. The minimum absolute atomic E-state index is 0.0180. The van der Waals surface area contributed by atoms with Crippen LogP contribution in [0.25, 0.3) is 0 Å². The summed E-state index contributed by atoms with van der Waals surface area (Å²) in [4.78, 5) is 36.5. The Morgan fingerprint density at radius 2 is 1.83 bits per heavy atom. The number of benzene rings is 1. The van der Waals surface area contributed by atoms with Gasteiger partial charge in [-0.1, -0.05) is 31.0 Å². The molecule has 29 heavy (non-hydrogen) atoms. The molecule has 2 aliphatic rings. The van der Waals surface area contributed by atoms with Crippen LogP contribution in [-0.2, 0) is 9.59 Å². The van der Waals surface area contributed by atoms with Crippen molar-refractivity contribution in [2.45, 2.75) is 44.7 Å². The summed E-state index contributed by atoms with van der Waals surface area (Å²) in [5.74, 6) is -0.148. The van der Waals surface area contributed by atoms with Crippen molar-refractivity contribution in [1.82, 2.24) is 15.3 Å². The summed E-state index contributed by atoms with van der Waals surface area (Å²) in [5.41, 5.74) is 4.74. The minimum atomic E-state index is -0.623. The van der Waals surface area contributed by atoms with Gasteiger partial charge < -0.3 is 4.90 Å². The standard InChI is InChI=1S/C22H25N5O2/c1-16-21(28)27(18-8-4-2-5-9-18)25-20(24-16)22(29)26-15-7-3-6-10-19(26)17-11-13-23-14-12-17/h2,4-5,8-9,11-14,16,19H,3,6-7,10,15H2,1H3,(H,24,25). The highest BCUT2D eigenvalue weighted by Gasteiger charge is 2.35. The SMILES string of the molecule is CC1N=C(C(=O)N2CCCCCC2c2ccncc2)NN(c2ccccc2)C1=O. The molecule has 0 saturated carbocycles. The molecule has 1 fully saturated rings. The Hall–Kier alpha value is -3.22. The fourth-order valence-corrected chi connectivity index (χ4v) is 3.92. The summed E-state index contributed by atoms with van der Waals surface area (Å²) < 4.78 is 0. The number of nitrogens with one attached hydrogen (secondary N) is 1. The Labute approximate surface area is 170 Å². The number of likely N-dealkylation sites (tertiary alicyclic amines) is 1. The van der Waals surface area contributed by atoms with Gasteiger partial charge in [0.25, 0.3) is 11.8 Å². The predicted molar refractivity (Wildman–Crippen MR) is 111 cm³/mol. The Bertz CT molecular complexity index is 900. The number of hydrogen-bond acceptors (Lipinski definition) is 5. The van der Waals surface area contributed by atoms with Crippen LogP contribution in [0.5, 0.6) is 0 Å². The molecule has 0 radical (unpaired) electrons. The number of rotatable bonds is 3. The first-order chi connectivity index (χ1) is 14.1. The van der Waals surface area contributed by atoms with E-state index in [0.29, 0.717) is 12.2 Å². The van der Waals surface area contributed by atoms with Gasteiger partial charge >= 0.3 is 0 Å². The largest absolute Gasteiger partial charge is 0.329 e. The van der Waals surface area contributed by atoms with E-state index in [1.54, 1.807) is 19.3 Å². The second-order valence-corrected chi connectivity index (χ2v) is 7.42. The van der Waals surface area contributed by atoms with Crippen LogP contribution in [0.2, 0.25) is 0 Å². The molecule has 3 heterocycles.